The molecule has 0 saturated carbocycles. The number of fused-ring (bicyclic) bond motifs is 1. The van der Waals surface area contributed by atoms with Crippen LogP contribution in [0.1, 0.15) is 17.7 Å². The van der Waals surface area contributed by atoms with Gasteiger partial charge in [-0.25, -0.2) is 0 Å². The van der Waals surface area contributed by atoms with Crippen molar-refractivity contribution in [2.45, 2.75) is 26.1 Å². The van der Waals surface area contributed by atoms with E-state index in [-0.39, 0.29) is 0 Å². The highest BCUT2D eigenvalue weighted by Crippen LogP contribution is 2.22. The highest BCUT2D eigenvalue weighted by molar-refractivity contribution is 5.27. The van der Waals surface area contributed by atoms with Crippen LogP contribution in [0, 0.1) is 5.92 Å². The molecular formula is C19H26N2O2. The Bertz CT molecular complexity index is 606. The molecule has 4 heteroatoms. The molecule has 0 amide bonds. The lowest BCUT2D eigenvalue weighted by Crippen LogP contribution is -2.28. The largest absolute Gasteiger partial charge is 0.497 e. The Morgan fingerprint density at radius 3 is 2.65 bits per heavy atom. The van der Waals surface area contributed by atoms with Crippen LogP contribution in [-0.4, -0.2) is 36.8 Å². The SMILES string of the molecule is COCC[C@@H]1CN(Cc2ccc(OC)cc2)Cc2cccn2C1. The maximum absolute atomic E-state index is 5.29. The van der Waals surface area contributed by atoms with Gasteiger partial charge >= 0.3 is 0 Å². The molecule has 3 rings (SSSR count). The fourth-order valence-corrected chi connectivity index (χ4v) is 3.34. The minimum Gasteiger partial charge on any atom is -0.497 e. The second-order valence-corrected chi connectivity index (χ2v) is 6.32. The summed E-state index contributed by atoms with van der Waals surface area (Å²) in [5.41, 5.74) is 2.73. The van der Waals surface area contributed by atoms with Gasteiger partial charge < -0.3 is 14.0 Å². The molecule has 0 bridgehead atoms. The van der Waals surface area contributed by atoms with Crippen molar-refractivity contribution in [2.75, 3.05) is 27.4 Å². The molecule has 0 radical (unpaired) electrons. The van der Waals surface area contributed by atoms with Crippen LogP contribution in [0.3, 0.4) is 0 Å². The molecular weight excluding hydrogens is 288 g/mol. The van der Waals surface area contributed by atoms with E-state index < -0.39 is 0 Å². The molecule has 124 valence electrons. The Kier molecular flexibility index (Phi) is 5.36. The quantitative estimate of drug-likeness (QED) is 0.819. The lowest BCUT2D eigenvalue weighted by atomic mass is 10.1. The summed E-state index contributed by atoms with van der Waals surface area (Å²) in [4.78, 5) is 2.54. The van der Waals surface area contributed by atoms with Gasteiger partial charge in [0.25, 0.3) is 0 Å². The number of rotatable bonds is 6. The molecule has 0 N–H and O–H groups in total. The van der Waals surface area contributed by atoms with E-state index in [1.807, 2.05) is 12.1 Å². The number of nitrogens with zero attached hydrogens (tertiary/aromatic N) is 2. The van der Waals surface area contributed by atoms with Crippen molar-refractivity contribution in [1.29, 1.82) is 0 Å². The zero-order valence-electron chi connectivity index (χ0n) is 14.1. The summed E-state index contributed by atoms with van der Waals surface area (Å²) < 4.78 is 12.9. The van der Waals surface area contributed by atoms with Gasteiger partial charge in [0, 0.05) is 51.8 Å². The number of hydrogen-bond donors (Lipinski definition) is 0. The molecule has 0 aliphatic carbocycles. The lowest BCUT2D eigenvalue weighted by molar-refractivity contribution is 0.151. The van der Waals surface area contributed by atoms with Crippen molar-refractivity contribution < 1.29 is 9.47 Å². The van der Waals surface area contributed by atoms with Gasteiger partial charge in [-0.1, -0.05) is 12.1 Å². The van der Waals surface area contributed by atoms with Crippen LogP contribution in [0.15, 0.2) is 42.6 Å². The Morgan fingerprint density at radius 2 is 1.91 bits per heavy atom. The molecule has 0 unspecified atom stereocenters. The van der Waals surface area contributed by atoms with Crippen LogP contribution in [0.2, 0.25) is 0 Å². The van der Waals surface area contributed by atoms with Crippen LogP contribution in [0.5, 0.6) is 5.75 Å². The monoisotopic (exact) mass is 314 g/mol. The van der Waals surface area contributed by atoms with E-state index in [1.165, 1.54) is 11.3 Å². The predicted molar refractivity (Wildman–Crippen MR) is 91.5 cm³/mol. The Labute approximate surface area is 138 Å². The molecule has 2 aromatic rings. The average molecular weight is 314 g/mol. The molecule has 0 fully saturated rings. The molecule has 4 nitrogen and oxygen atoms in total. The van der Waals surface area contributed by atoms with Crippen molar-refractivity contribution in [1.82, 2.24) is 9.47 Å². The van der Waals surface area contributed by atoms with E-state index in [0.29, 0.717) is 5.92 Å². The molecule has 1 aliphatic heterocycles. The third kappa shape index (κ3) is 4.15. The maximum atomic E-state index is 5.29. The number of aromatic nitrogens is 1. The highest BCUT2D eigenvalue weighted by Gasteiger charge is 2.21. The van der Waals surface area contributed by atoms with Gasteiger partial charge in [0.1, 0.15) is 5.75 Å². The zero-order valence-corrected chi connectivity index (χ0v) is 14.1. The maximum Gasteiger partial charge on any atom is 0.118 e. The van der Waals surface area contributed by atoms with Crippen molar-refractivity contribution in [3.8, 4) is 5.75 Å². The van der Waals surface area contributed by atoms with Gasteiger partial charge in [-0.05, 0) is 42.2 Å². The summed E-state index contributed by atoms with van der Waals surface area (Å²) in [6.07, 6.45) is 3.30. The first-order valence-corrected chi connectivity index (χ1v) is 8.26. The highest BCUT2D eigenvalue weighted by atomic mass is 16.5. The Morgan fingerprint density at radius 1 is 1.09 bits per heavy atom. The predicted octanol–water partition coefficient (Wildman–Crippen LogP) is 3.17. The van der Waals surface area contributed by atoms with E-state index in [4.69, 9.17) is 9.47 Å². The summed E-state index contributed by atoms with van der Waals surface area (Å²) in [6, 6.07) is 12.8. The fourth-order valence-electron chi connectivity index (χ4n) is 3.34. The second-order valence-electron chi connectivity index (χ2n) is 6.32. The van der Waals surface area contributed by atoms with Gasteiger partial charge in [0.05, 0.1) is 7.11 Å². The number of ether oxygens (including phenoxy) is 2. The van der Waals surface area contributed by atoms with Crippen LogP contribution in [0.25, 0.3) is 0 Å². The number of hydrogen-bond acceptors (Lipinski definition) is 3. The van der Waals surface area contributed by atoms with Crippen LogP contribution >= 0.6 is 0 Å². The molecule has 1 aromatic heterocycles. The van der Waals surface area contributed by atoms with Crippen molar-refractivity contribution in [3.63, 3.8) is 0 Å². The van der Waals surface area contributed by atoms with E-state index in [1.54, 1.807) is 14.2 Å². The van der Waals surface area contributed by atoms with Gasteiger partial charge in [-0.15, -0.1) is 0 Å². The third-order valence-electron chi connectivity index (χ3n) is 4.58. The average Bonchev–Trinajstić information content (AvgIpc) is 2.93. The summed E-state index contributed by atoms with van der Waals surface area (Å²) in [6.45, 7) is 5.00. The summed E-state index contributed by atoms with van der Waals surface area (Å²) in [5.74, 6) is 1.54. The van der Waals surface area contributed by atoms with Crippen LogP contribution < -0.4 is 4.74 Å². The van der Waals surface area contributed by atoms with E-state index >= 15 is 0 Å². The summed E-state index contributed by atoms with van der Waals surface area (Å²) >= 11 is 0. The first-order chi connectivity index (χ1) is 11.3. The molecule has 0 spiro atoms. The van der Waals surface area contributed by atoms with Crippen molar-refractivity contribution in [2.24, 2.45) is 5.92 Å². The first-order valence-electron chi connectivity index (χ1n) is 8.26. The van der Waals surface area contributed by atoms with E-state index in [0.717, 1.165) is 45.0 Å². The molecule has 1 atom stereocenters. The minimum atomic E-state index is 0.627. The van der Waals surface area contributed by atoms with Gasteiger partial charge in [0.2, 0.25) is 0 Å². The van der Waals surface area contributed by atoms with Crippen LogP contribution in [0.4, 0.5) is 0 Å². The number of methoxy groups -OCH3 is 2. The molecule has 2 heterocycles. The van der Waals surface area contributed by atoms with E-state index in [2.05, 4.69) is 39.9 Å². The van der Waals surface area contributed by atoms with Gasteiger partial charge in [-0.3, -0.25) is 4.90 Å². The summed E-state index contributed by atoms with van der Waals surface area (Å²) in [5, 5.41) is 0. The van der Waals surface area contributed by atoms with E-state index in [9.17, 15) is 0 Å². The zero-order chi connectivity index (χ0) is 16.1. The van der Waals surface area contributed by atoms with Crippen LogP contribution in [-0.2, 0) is 24.4 Å². The van der Waals surface area contributed by atoms with Gasteiger partial charge in [0.15, 0.2) is 0 Å². The second kappa shape index (κ2) is 7.66. The molecule has 23 heavy (non-hydrogen) atoms. The normalized spacial score (nSPS) is 18.4. The standard InChI is InChI=1S/C19H26N2O2/c1-22-11-9-17-13-20(15-18-4-3-10-21(18)14-17)12-16-5-7-19(23-2)8-6-16/h3-8,10,17H,9,11-15H2,1-2H3/t17-/m1/s1. The lowest BCUT2D eigenvalue weighted by Gasteiger charge is -2.24. The Balaban J connectivity index is 1.71. The fraction of sp³-hybridized carbons (Fsp3) is 0.474. The van der Waals surface area contributed by atoms with Gasteiger partial charge in [-0.2, -0.15) is 0 Å². The topological polar surface area (TPSA) is 26.6 Å². The van der Waals surface area contributed by atoms with Crippen molar-refractivity contribution >= 4 is 0 Å². The smallest absolute Gasteiger partial charge is 0.118 e. The number of benzene rings is 1. The first kappa shape index (κ1) is 16.1. The minimum absolute atomic E-state index is 0.627. The molecule has 1 aliphatic rings. The summed E-state index contributed by atoms with van der Waals surface area (Å²) in [7, 11) is 3.49. The van der Waals surface area contributed by atoms with Crippen molar-refractivity contribution in [3.05, 3.63) is 53.9 Å². The third-order valence-corrected chi connectivity index (χ3v) is 4.58. The molecule has 1 aromatic carbocycles. The Hall–Kier alpha value is -1.78. The molecule has 0 saturated heterocycles.